The van der Waals surface area contributed by atoms with Crippen molar-refractivity contribution in [1.29, 1.82) is 0 Å². The molecule has 9 heteroatoms. The van der Waals surface area contributed by atoms with Crippen LogP contribution in [0.2, 0.25) is 0 Å². The topological polar surface area (TPSA) is 111 Å². The molecule has 0 spiro atoms. The molecule has 6 aromatic rings. The van der Waals surface area contributed by atoms with Crippen LogP contribution in [0.1, 0.15) is 18.7 Å². The van der Waals surface area contributed by atoms with E-state index in [4.69, 9.17) is 0 Å². The van der Waals surface area contributed by atoms with Crippen LogP contribution in [0.5, 0.6) is 0 Å². The Bertz CT molecular complexity index is 1820. The lowest BCUT2D eigenvalue weighted by Gasteiger charge is -2.22. The SMILES string of the molecule is CNc1nc(NC(C)c2cc3cccc(-c4cncnc4)c3c(=O)n2-c2ccccc2)c2ncccc2n1. The Labute approximate surface area is 218 Å². The molecule has 0 bridgehead atoms. The highest BCUT2D eigenvalue weighted by atomic mass is 16.1. The Morgan fingerprint density at radius 3 is 2.53 bits per heavy atom. The van der Waals surface area contributed by atoms with Gasteiger partial charge in [-0.3, -0.25) is 14.3 Å². The van der Waals surface area contributed by atoms with Crippen molar-refractivity contribution >= 4 is 33.6 Å². The summed E-state index contributed by atoms with van der Waals surface area (Å²) in [6.45, 7) is 2.00. The quantitative estimate of drug-likeness (QED) is 0.329. The lowest BCUT2D eigenvalue weighted by molar-refractivity contribution is 0.774. The summed E-state index contributed by atoms with van der Waals surface area (Å²) in [4.78, 5) is 36.2. The molecule has 0 fully saturated rings. The van der Waals surface area contributed by atoms with Crippen molar-refractivity contribution in [2.45, 2.75) is 13.0 Å². The van der Waals surface area contributed by atoms with Crippen LogP contribution in [-0.2, 0) is 0 Å². The molecule has 4 aromatic heterocycles. The van der Waals surface area contributed by atoms with E-state index >= 15 is 0 Å². The number of pyridine rings is 2. The number of nitrogens with zero attached hydrogens (tertiary/aromatic N) is 6. The van der Waals surface area contributed by atoms with E-state index in [1.165, 1.54) is 6.33 Å². The van der Waals surface area contributed by atoms with Gasteiger partial charge in [0.1, 0.15) is 11.8 Å². The van der Waals surface area contributed by atoms with Gasteiger partial charge in [-0.25, -0.2) is 15.0 Å². The van der Waals surface area contributed by atoms with Crippen LogP contribution < -0.4 is 16.2 Å². The predicted octanol–water partition coefficient (Wildman–Crippen LogP) is 5.00. The largest absolute Gasteiger partial charge is 0.360 e. The normalized spacial score (nSPS) is 11.9. The van der Waals surface area contributed by atoms with E-state index in [0.717, 1.165) is 33.4 Å². The average molecular weight is 501 g/mol. The summed E-state index contributed by atoms with van der Waals surface area (Å²) in [6, 6.07) is 20.9. The molecule has 0 aliphatic rings. The van der Waals surface area contributed by atoms with Gasteiger partial charge in [-0.1, -0.05) is 36.4 Å². The minimum atomic E-state index is -0.305. The van der Waals surface area contributed by atoms with Crippen molar-refractivity contribution < 1.29 is 0 Å². The predicted molar refractivity (Wildman–Crippen MR) is 149 cm³/mol. The number of hydrogen-bond donors (Lipinski definition) is 2. The van der Waals surface area contributed by atoms with Gasteiger partial charge in [-0.2, -0.15) is 4.98 Å². The average Bonchev–Trinajstić information content (AvgIpc) is 2.97. The highest BCUT2D eigenvalue weighted by Crippen LogP contribution is 2.30. The molecule has 38 heavy (non-hydrogen) atoms. The number of rotatable bonds is 6. The highest BCUT2D eigenvalue weighted by molar-refractivity contribution is 5.96. The molecule has 186 valence electrons. The van der Waals surface area contributed by atoms with E-state index in [0.29, 0.717) is 22.7 Å². The third-order valence-corrected chi connectivity index (χ3v) is 6.44. The zero-order valence-electron chi connectivity index (χ0n) is 20.8. The summed E-state index contributed by atoms with van der Waals surface area (Å²) in [5.74, 6) is 1.06. The van der Waals surface area contributed by atoms with Crippen LogP contribution in [0.3, 0.4) is 0 Å². The molecular formula is C29H24N8O. The Balaban J connectivity index is 1.57. The standard InChI is InChI=1S/C29H24N8O/c1-18(34-27-26-23(12-7-13-33-26)35-29(30-2)36-27)24-14-19-8-6-11-22(20-15-31-17-32-16-20)25(19)28(38)37(24)21-9-4-3-5-10-21/h3-18H,1-2H3,(H2,30,34,35,36). The summed E-state index contributed by atoms with van der Waals surface area (Å²) in [5.41, 5.74) is 4.36. The fourth-order valence-corrected chi connectivity index (χ4v) is 4.68. The number of anilines is 2. The summed E-state index contributed by atoms with van der Waals surface area (Å²) in [6.07, 6.45) is 6.64. The second-order valence-electron chi connectivity index (χ2n) is 8.83. The number of fused-ring (bicyclic) bond motifs is 2. The van der Waals surface area contributed by atoms with Crippen LogP contribution in [0, 0.1) is 0 Å². The summed E-state index contributed by atoms with van der Waals surface area (Å²) >= 11 is 0. The van der Waals surface area contributed by atoms with Crippen molar-refractivity contribution in [3.8, 4) is 16.8 Å². The summed E-state index contributed by atoms with van der Waals surface area (Å²) in [5, 5.41) is 7.93. The van der Waals surface area contributed by atoms with Gasteiger partial charge < -0.3 is 10.6 Å². The van der Waals surface area contributed by atoms with E-state index in [2.05, 4.69) is 35.6 Å². The molecule has 0 aliphatic heterocycles. The first-order chi connectivity index (χ1) is 18.6. The monoisotopic (exact) mass is 500 g/mol. The van der Waals surface area contributed by atoms with Crippen molar-refractivity contribution in [2.75, 3.05) is 17.7 Å². The molecule has 0 radical (unpaired) electrons. The van der Waals surface area contributed by atoms with Crippen molar-refractivity contribution in [2.24, 2.45) is 0 Å². The minimum absolute atomic E-state index is 0.126. The van der Waals surface area contributed by atoms with Crippen LogP contribution in [0.4, 0.5) is 11.8 Å². The molecule has 9 nitrogen and oxygen atoms in total. The van der Waals surface area contributed by atoms with Crippen molar-refractivity contribution in [3.63, 3.8) is 0 Å². The van der Waals surface area contributed by atoms with Gasteiger partial charge in [0.05, 0.1) is 16.9 Å². The molecule has 2 aromatic carbocycles. The number of aromatic nitrogens is 6. The molecule has 4 heterocycles. The van der Waals surface area contributed by atoms with Gasteiger partial charge in [0.2, 0.25) is 5.95 Å². The van der Waals surface area contributed by atoms with Crippen LogP contribution in [0.15, 0.2) is 96.4 Å². The van der Waals surface area contributed by atoms with Gasteiger partial charge in [0.15, 0.2) is 5.82 Å². The Morgan fingerprint density at radius 2 is 1.74 bits per heavy atom. The molecule has 1 atom stereocenters. The lowest BCUT2D eigenvalue weighted by atomic mass is 9.99. The van der Waals surface area contributed by atoms with Crippen LogP contribution in [-0.4, -0.2) is 36.5 Å². The van der Waals surface area contributed by atoms with Crippen molar-refractivity contribution in [1.82, 2.24) is 29.5 Å². The molecule has 0 aliphatic carbocycles. The van der Waals surface area contributed by atoms with E-state index in [9.17, 15) is 4.79 Å². The van der Waals surface area contributed by atoms with Gasteiger partial charge in [0, 0.05) is 42.6 Å². The fourth-order valence-electron chi connectivity index (χ4n) is 4.68. The minimum Gasteiger partial charge on any atom is -0.360 e. The Hall–Kier alpha value is -5.18. The maximum Gasteiger partial charge on any atom is 0.263 e. The zero-order chi connectivity index (χ0) is 26.1. The molecule has 1 unspecified atom stereocenters. The van der Waals surface area contributed by atoms with Gasteiger partial charge in [-0.15, -0.1) is 0 Å². The van der Waals surface area contributed by atoms with E-state index < -0.39 is 0 Å². The molecule has 2 N–H and O–H groups in total. The molecule has 0 saturated carbocycles. The number of para-hydroxylation sites is 1. The van der Waals surface area contributed by atoms with Crippen molar-refractivity contribution in [3.05, 3.63) is 108 Å². The van der Waals surface area contributed by atoms with Crippen LogP contribution >= 0.6 is 0 Å². The van der Waals surface area contributed by atoms with Gasteiger partial charge >= 0.3 is 0 Å². The highest BCUT2D eigenvalue weighted by Gasteiger charge is 2.20. The smallest absolute Gasteiger partial charge is 0.263 e. The second kappa shape index (κ2) is 9.70. The lowest BCUT2D eigenvalue weighted by Crippen LogP contribution is -2.26. The first-order valence-corrected chi connectivity index (χ1v) is 12.2. The van der Waals surface area contributed by atoms with E-state index in [-0.39, 0.29) is 11.6 Å². The Morgan fingerprint density at radius 1 is 0.921 bits per heavy atom. The molecular weight excluding hydrogens is 476 g/mol. The summed E-state index contributed by atoms with van der Waals surface area (Å²) in [7, 11) is 1.77. The maximum atomic E-state index is 14.3. The van der Waals surface area contributed by atoms with E-state index in [1.54, 1.807) is 30.2 Å². The first-order valence-electron chi connectivity index (χ1n) is 12.2. The Kier molecular flexibility index (Phi) is 5.93. The number of hydrogen-bond acceptors (Lipinski definition) is 8. The fraction of sp³-hybridized carbons (Fsp3) is 0.103. The molecule has 6 rings (SSSR count). The summed E-state index contributed by atoms with van der Waals surface area (Å²) < 4.78 is 1.75. The van der Waals surface area contributed by atoms with Gasteiger partial charge in [-0.05, 0) is 48.2 Å². The van der Waals surface area contributed by atoms with Crippen LogP contribution in [0.25, 0.3) is 38.6 Å². The zero-order valence-corrected chi connectivity index (χ0v) is 20.8. The first kappa shape index (κ1) is 23.2. The maximum absolute atomic E-state index is 14.3. The number of benzene rings is 2. The molecule has 0 amide bonds. The number of nitrogens with one attached hydrogen (secondary N) is 2. The van der Waals surface area contributed by atoms with E-state index in [1.807, 2.05) is 73.7 Å². The molecule has 0 saturated heterocycles. The third kappa shape index (κ3) is 4.09. The van der Waals surface area contributed by atoms with Gasteiger partial charge in [0.25, 0.3) is 5.56 Å². The second-order valence-corrected chi connectivity index (χ2v) is 8.83. The third-order valence-electron chi connectivity index (χ3n) is 6.44.